The van der Waals surface area contributed by atoms with Gasteiger partial charge in [0.1, 0.15) is 12.2 Å². The molecule has 188 valence electrons. The number of ether oxygens (including phenoxy) is 2. The summed E-state index contributed by atoms with van der Waals surface area (Å²) in [7, 11) is -1.41. The Morgan fingerprint density at radius 3 is 2.55 bits per heavy atom. The van der Waals surface area contributed by atoms with Gasteiger partial charge in [-0.3, -0.25) is 0 Å². The second kappa shape index (κ2) is 14.3. The van der Waals surface area contributed by atoms with E-state index in [9.17, 15) is 4.79 Å². The van der Waals surface area contributed by atoms with Crippen LogP contribution in [-0.4, -0.2) is 67.4 Å². The first-order valence-corrected chi connectivity index (χ1v) is 13.3. The standard InChI is InChI=1S/C25H42NO6P/c1-7-16-30-33(26(18(2)3)19(4)5)32-24-22(14-11-15-27)29-17-20(6)23(24)31-25(28)21-12-9-8-10-13-21/h8-10,12-13,18-20,22-24,27H,7,11,14-17H2,1-6H3/i27T. The largest absolute Gasteiger partial charge is 0.456 e. The quantitative estimate of drug-likeness (QED) is 0.221. The first-order chi connectivity index (χ1) is 16.3. The summed E-state index contributed by atoms with van der Waals surface area (Å²) >= 11 is 0. The molecule has 1 heterocycles. The van der Waals surface area contributed by atoms with Gasteiger partial charge in [0.05, 0.1) is 24.9 Å². The van der Waals surface area contributed by atoms with E-state index in [0.29, 0.717) is 38.2 Å². The number of rotatable bonds is 14. The molecule has 1 aliphatic rings. The maximum absolute atomic E-state index is 13.0. The predicted molar refractivity (Wildman–Crippen MR) is 131 cm³/mol. The summed E-state index contributed by atoms with van der Waals surface area (Å²) in [5, 5.41) is 4.51. The Hall–Kier alpha value is -1.08. The lowest BCUT2D eigenvalue weighted by molar-refractivity contribution is -0.157. The van der Waals surface area contributed by atoms with Crippen molar-refractivity contribution in [1.82, 2.24) is 4.67 Å². The number of aliphatic hydroxyl groups excluding tert-OH is 1. The Morgan fingerprint density at radius 1 is 1.24 bits per heavy atom. The number of aliphatic hydroxyl groups is 1. The fourth-order valence-electron chi connectivity index (χ4n) is 4.01. The van der Waals surface area contributed by atoms with E-state index in [-0.39, 0.29) is 30.1 Å². The number of nitrogens with zero attached hydrogens (tertiary/aromatic N) is 1. The van der Waals surface area contributed by atoms with Gasteiger partial charge in [-0.2, -0.15) is 0 Å². The number of hydrogen-bond acceptors (Lipinski definition) is 7. The van der Waals surface area contributed by atoms with Gasteiger partial charge < -0.3 is 23.6 Å². The molecular weight excluding hydrogens is 441 g/mol. The van der Waals surface area contributed by atoms with Crippen LogP contribution in [-0.2, 0) is 18.5 Å². The number of carbonyl (C=O) groups is 1. The number of hydrogen-bond donors (Lipinski definition) is 1. The molecule has 0 aliphatic carbocycles. The fourth-order valence-corrected chi connectivity index (χ4v) is 5.87. The first-order valence-electron chi connectivity index (χ1n) is 12.5. The van der Waals surface area contributed by atoms with E-state index >= 15 is 0 Å². The highest BCUT2D eigenvalue weighted by Gasteiger charge is 2.45. The molecule has 2 rings (SSSR count). The Morgan fingerprint density at radius 2 is 1.94 bits per heavy atom. The second-order valence-electron chi connectivity index (χ2n) is 9.14. The molecule has 8 heteroatoms. The third kappa shape index (κ3) is 8.27. The molecule has 33 heavy (non-hydrogen) atoms. The zero-order valence-electron chi connectivity index (χ0n) is 21.9. The van der Waals surface area contributed by atoms with Gasteiger partial charge in [-0.1, -0.05) is 32.0 Å². The number of benzene rings is 1. The van der Waals surface area contributed by atoms with Gasteiger partial charge in [-0.25, -0.2) is 9.46 Å². The van der Waals surface area contributed by atoms with Crippen LogP contribution < -0.4 is 0 Å². The van der Waals surface area contributed by atoms with E-state index in [2.05, 4.69) is 44.4 Å². The summed E-state index contributed by atoms with van der Waals surface area (Å²) in [4.78, 5) is 13.0. The zero-order valence-corrected chi connectivity index (χ0v) is 21.8. The third-order valence-electron chi connectivity index (χ3n) is 5.57. The first kappa shape index (κ1) is 26.5. The minimum absolute atomic E-state index is 0.0455. The summed E-state index contributed by atoms with van der Waals surface area (Å²) in [5.41, 5.74) is 0.509. The topological polar surface area (TPSA) is 77.5 Å². The molecule has 0 spiro atoms. The molecule has 5 atom stereocenters. The average molecular weight is 486 g/mol. The smallest absolute Gasteiger partial charge is 0.338 e. The molecule has 7 nitrogen and oxygen atoms in total. The number of carbonyl (C=O) groups excluding carboxylic acids is 1. The molecule has 0 aromatic heterocycles. The van der Waals surface area contributed by atoms with Gasteiger partial charge in [0.25, 0.3) is 8.53 Å². The highest BCUT2D eigenvalue weighted by Crippen LogP contribution is 2.49. The highest BCUT2D eigenvalue weighted by atomic mass is 31.2. The van der Waals surface area contributed by atoms with Crippen LogP contribution in [0.1, 0.15) is 71.2 Å². The lowest BCUT2D eigenvalue weighted by atomic mass is 9.91. The van der Waals surface area contributed by atoms with E-state index in [0.717, 1.165) is 6.42 Å². The van der Waals surface area contributed by atoms with Gasteiger partial charge in [0, 0.05) is 24.6 Å². The van der Waals surface area contributed by atoms with Gasteiger partial charge >= 0.3 is 5.97 Å². The molecule has 1 saturated heterocycles. The van der Waals surface area contributed by atoms with Crippen molar-refractivity contribution in [2.75, 3.05) is 19.8 Å². The third-order valence-corrected chi connectivity index (χ3v) is 7.70. The van der Waals surface area contributed by atoms with Crippen molar-refractivity contribution in [2.24, 2.45) is 5.92 Å². The summed E-state index contributed by atoms with van der Waals surface area (Å²) in [6.07, 6.45) is 0.880. The van der Waals surface area contributed by atoms with E-state index in [4.69, 9.17) is 20.0 Å². The Bertz CT molecular complexity index is 702. The molecule has 0 amide bonds. The van der Waals surface area contributed by atoms with Gasteiger partial charge in [0.15, 0.2) is 0 Å². The molecule has 1 aliphatic heterocycles. The van der Waals surface area contributed by atoms with Crippen molar-refractivity contribution in [1.29, 1.82) is 1.43 Å². The monoisotopic (exact) mass is 485 g/mol. The summed E-state index contributed by atoms with van der Waals surface area (Å²) in [6, 6.07) is 9.44. The molecular formula is C25H42NO6P. The van der Waals surface area contributed by atoms with E-state index in [1.54, 1.807) is 12.1 Å². The van der Waals surface area contributed by atoms with Gasteiger partial charge in [-0.05, 0) is 59.1 Å². The van der Waals surface area contributed by atoms with Crippen LogP contribution in [0.15, 0.2) is 30.3 Å². The van der Waals surface area contributed by atoms with Crippen LogP contribution in [0, 0.1) is 5.92 Å². The molecule has 1 fully saturated rings. The summed E-state index contributed by atoms with van der Waals surface area (Å²) in [5.74, 6) is -0.416. The van der Waals surface area contributed by atoms with Gasteiger partial charge in [0.2, 0.25) is 1.43 Å². The number of esters is 1. The van der Waals surface area contributed by atoms with Crippen LogP contribution in [0.2, 0.25) is 0 Å². The van der Waals surface area contributed by atoms with E-state index in [1.807, 2.05) is 25.1 Å². The maximum Gasteiger partial charge on any atom is 0.338 e. The van der Waals surface area contributed by atoms with E-state index in [1.165, 1.54) is 0 Å². The SMILES string of the molecule is [3H]OCCCC1OCC(C)C(OC(=O)c2ccccc2)C1OP(OCCC)N(C(C)C)C(C)C. The Labute approximate surface area is 202 Å². The van der Waals surface area contributed by atoms with Crippen LogP contribution in [0.25, 0.3) is 0 Å². The van der Waals surface area contributed by atoms with Crippen molar-refractivity contribution in [2.45, 2.75) is 91.2 Å². The zero-order chi connectivity index (χ0) is 25.1. The van der Waals surface area contributed by atoms with Crippen molar-refractivity contribution < 1.29 is 28.4 Å². The van der Waals surface area contributed by atoms with Gasteiger partial charge in [-0.15, -0.1) is 0 Å². The molecule has 0 saturated carbocycles. The summed E-state index contributed by atoms with van der Waals surface area (Å²) in [6.45, 7) is 14.0. The van der Waals surface area contributed by atoms with Crippen LogP contribution in [0.5, 0.6) is 0 Å². The van der Waals surface area contributed by atoms with Crippen LogP contribution in [0.3, 0.4) is 0 Å². The second-order valence-corrected chi connectivity index (χ2v) is 10.5. The van der Waals surface area contributed by atoms with Crippen molar-refractivity contribution in [3.8, 4) is 0 Å². The molecule has 5 unspecified atom stereocenters. The lowest BCUT2D eigenvalue weighted by Crippen LogP contribution is -2.52. The minimum Gasteiger partial charge on any atom is -0.456 e. The van der Waals surface area contributed by atoms with E-state index < -0.39 is 20.7 Å². The lowest BCUT2D eigenvalue weighted by Gasteiger charge is -2.44. The maximum atomic E-state index is 13.0. The molecule has 0 bridgehead atoms. The molecule has 1 aromatic rings. The highest BCUT2D eigenvalue weighted by molar-refractivity contribution is 7.44. The van der Waals surface area contributed by atoms with Crippen LogP contribution >= 0.6 is 8.53 Å². The minimum atomic E-state index is -1.41. The fraction of sp³-hybridized carbons (Fsp3) is 0.720. The van der Waals surface area contributed by atoms with Crippen molar-refractivity contribution >= 4 is 14.5 Å². The average Bonchev–Trinajstić information content (AvgIpc) is 2.81. The molecule has 0 radical (unpaired) electrons. The van der Waals surface area contributed by atoms with Crippen molar-refractivity contribution in [3.63, 3.8) is 0 Å². The Balaban J connectivity index is 2.33. The predicted octanol–water partition coefficient (Wildman–Crippen LogP) is 5.18. The molecule has 1 aromatic carbocycles. The van der Waals surface area contributed by atoms with Crippen LogP contribution in [0.4, 0.5) is 0 Å². The normalized spacial score (nSPS) is 24.8. The summed E-state index contributed by atoms with van der Waals surface area (Å²) < 4.78 is 34.5. The Kier molecular flexibility index (Phi) is 11.5. The molecule has 1 N–H and O–H groups in total. The van der Waals surface area contributed by atoms with Crippen molar-refractivity contribution in [3.05, 3.63) is 35.9 Å².